The van der Waals surface area contributed by atoms with E-state index in [-0.39, 0.29) is 0 Å². The molecule has 0 bridgehead atoms. The predicted molar refractivity (Wildman–Crippen MR) is 67.8 cm³/mol. The van der Waals surface area contributed by atoms with E-state index in [0.717, 1.165) is 11.8 Å². The van der Waals surface area contributed by atoms with Crippen LogP contribution >= 0.6 is 0 Å². The zero-order valence-electron chi connectivity index (χ0n) is 10.9. The summed E-state index contributed by atoms with van der Waals surface area (Å²) in [5.74, 6) is 1.54. The lowest BCUT2D eigenvalue weighted by Gasteiger charge is -2.32. The van der Waals surface area contributed by atoms with E-state index in [9.17, 15) is 0 Å². The Labute approximate surface area is 95.5 Å². The van der Waals surface area contributed by atoms with Crippen LogP contribution in [-0.4, -0.2) is 18.0 Å². The molecule has 0 N–H and O–H groups in total. The lowest BCUT2D eigenvalue weighted by Crippen LogP contribution is -2.31. The van der Waals surface area contributed by atoms with Crippen molar-refractivity contribution in [3.63, 3.8) is 0 Å². The van der Waals surface area contributed by atoms with Gasteiger partial charge in [0.2, 0.25) is 0 Å². The van der Waals surface area contributed by atoms with Crippen molar-refractivity contribution >= 4 is 0 Å². The fourth-order valence-electron chi connectivity index (χ4n) is 2.30. The predicted octanol–water partition coefficient (Wildman–Crippen LogP) is 4.06. The minimum absolute atomic E-state index is 0.770. The first-order chi connectivity index (χ1) is 7.09. The first-order valence-corrected chi connectivity index (χ1v) is 6.53. The van der Waals surface area contributed by atoms with Gasteiger partial charge in [-0.05, 0) is 37.5 Å². The van der Waals surface area contributed by atoms with Gasteiger partial charge in [0.15, 0.2) is 0 Å². The Morgan fingerprint density at radius 3 is 2.07 bits per heavy atom. The smallest absolute Gasteiger partial charge is 0.0198 e. The summed E-state index contributed by atoms with van der Waals surface area (Å²) < 4.78 is 0. The van der Waals surface area contributed by atoms with Crippen LogP contribution in [-0.2, 0) is 0 Å². The molecule has 0 heterocycles. The molecule has 0 amide bonds. The van der Waals surface area contributed by atoms with E-state index in [1.165, 1.54) is 38.8 Å². The highest BCUT2D eigenvalue weighted by molar-refractivity contribution is 5.04. The quantitative estimate of drug-likeness (QED) is 0.660. The topological polar surface area (TPSA) is 3.24 Å². The van der Waals surface area contributed by atoms with Gasteiger partial charge in [0, 0.05) is 18.8 Å². The third-order valence-electron chi connectivity index (χ3n) is 2.84. The van der Waals surface area contributed by atoms with Crippen LogP contribution in [0, 0.1) is 11.8 Å². The highest BCUT2D eigenvalue weighted by Gasteiger charge is 2.14. The van der Waals surface area contributed by atoms with E-state index >= 15 is 0 Å². The minimum Gasteiger partial charge on any atom is -0.375 e. The number of rotatable bonds is 5. The monoisotopic (exact) mass is 209 g/mol. The Hall–Kier alpha value is -0.460. The van der Waals surface area contributed by atoms with Crippen molar-refractivity contribution in [2.75, 3.05) is 13.1 Å². The molecular formula is C14H27N. The molecule has 0 spiro atoms. The Kier molecular flexibility index (Phi) is 5.21. The van der Waals surface area contributed by atoms with Crippen molar-refractivity contribution in [1.29, 1.82) is 0 Å². The van der Waals surface area contributed by atoms with Gasteiger partial charge in [-0.1, -0.05) is 33.8 Å². The molecule has 0 unspecified atom stereocenters. The van der Waals surface area contributed by atoms with Gasteiger partial charge in [-0.3, -0.25) is 0 Å². The standard InChI is InChI=1S/C14H27N/c1-12(2)10-15(11-13(3)4)14-8-6-5-7-9-14/h8,12-13H,5-7,9-11H2,1-4H3. The second-order valence-corrected chi connectivity index (χ2v) is 5.63. The molecule has 1 rings (SSSR count). The maximum atomic E-state index is 2.62. The van der Waals surface area contributed by atoms with Crippen LogP contribution in [0.15, 0.2) is 11.8 Å². The maximum absolute atomic E-state index is 2.62. The molecule has 0 atom stereocenters. The highest BCUT2D eigenvalue weighted by atomic mass is 15.1. The Morgan fingerprint density at radius 2 is 1.67 bits per heavy atom. The molecule has 1 aliphatic rings. The highest BCUT2D eigenvalue weighted by Crippen LogP contribution is 2.22. The third kappa shape index (κ3) is 4.72. The number of hydrogen-bond acceptors (Lipinski definition) is 1. The van der Waals surface area contributed by atoms with Crippen LogP contribution < -0.4 is 0 Å². The van der Waals surface area contributed by atoms with E-state index < -0.39 is 0 Å². The van der Waals surface area contributed by atoms with E-state index in [4.69, 9.17) is 0 Å². The van der Waals surface area contributed by atoms with Crippen molar-refractivity contribution in [1.82, 2.24) is 4.90 Å². The van der Waals surface area contributed by atoms with Gasteiger partial charge in [-0.25, -0.2) is 0 Å². The summed E-state index contributed by atoms with van der Waals surface area (Å²) in [4.78, 5) is 2.62. The summed E-state index contributed by atoms with van der Waals surface area (Å²) in [6.07, 6.45) is 7.84. The summed E-state index contributed by atoms with van der Waals surface area (Å²) in [5, 5.41) is 0. The molecule has 1 aliphatic carbocycles. The summed E-state index contributed by atoms with van der Waals surface area (Å²) in [6.45, 7) is 11.7. The van der Waals surface area contributed by atoms with Gasteiger partial charge in [0.1, 0.15) is 0 Å². The first-order valence-electron chi connectivity index (χ1n) is 6.53. The van der Waals surface area contributed by atoms with Gasteiger partial charge < -0.3 is 4.90 Å². The van der Waals surface area contributed by atoms with E-state index in [1.54, 1.807) is 5.70 Å². The van der Waals surface area contributed by atoms with Gasteiger partial charge in [-0.2, -0.15) is 0 Å². The molecule has 1 heteroatoms. The Morgan fingerprint density at radius 1 is 1.07 bits per heavy atom. The summed E-state index contributed by atoms with van der Waals surface area (Å²) >= 11 is 0. The minimum atomic E-state index is 0.770. The Balaban J connectivity index is 2.57. The molecule has 0 aromatic carbocycles. The normalized spacial score (nSPS) is 17.1. The summed E-state index contributed by atoms with van der Waals surface area (Å²) in [5.41, 5.74) is 1.61. The largest absolute Gasteiger partial charge is 0.375 e. The zero-order valence-corrected chi connectivity index (χ0v) is 10.9. The fourth-order valence-corrected chi connectivity index (χ4v) is 2.30. The lowest BCUT2D eigenvalue weighted by molar-refractivity contribution is 0.260. The maximum Gasteiger partial charge on any atom is 0.0198 e. The Bertz CT molecular complexity index is 193. The molecule has 88 valence electrons. The molecule has 1 nitrogen and oxygen atoms in total. The van der Waals surface area contributed by atoms with Crippen molar-refractivity contribution in [3.8, 4) is 0 Å². The van der Waals surface area contributed by atoms with Crippen LogP contribution in [0.25, 0.3) is 0 Å². The van der Waals surface area contributed by atoms with Gasteiger partial charge in [-0.15, -0.1) is 0 Å². The third-order valence-corrected chi connectivity index (χ3v) is 2.84. The molecular weight excluding hydrogens is 182 g/mol. The molecule has 0 radical (unpaired) electrons. The first kappa shape index (κ1) is 12.6. The molecule has 0 saturated heterocycles. The van der Waals surface area contributed by atoms with Gasteiger partial charge in [0.05, 0.1) is 0 Å². The number of allylic oxidation sites excluding steroid dienone is 2. The van der Waals surface area contributed by atoms with E-state index in [2.05, 4.69) is 38.7 Å². The summed E-state index contributed by atoms with van der Waals surface area (Å²) in [7, 11) is 0. The fraction of sp³-hybridized carbons (Fsp3) is 0.857. The van der Waals surface area contributed by atoms with Crippen molar-refractivity contribution in [2.45, 2.75) is 53.4 Å². The second-order valence-electron chi connectivity index (χ2n) is 5.63. The van der Waals surface area contributed by atoms with Crippen LogP contribution in [0.4, 0.5) is 0 Å². The van der Waals surface area contributed by atoms with E-state index in [1.807, 2.05) is 0 Å². The molecule has 0 aliphatic heterocycles. The molecule has 0 saturated carbocycles. The lowest BCUT2D eigenvalue weighted by atomic mass is 10.0. The summed E-state index contributed by atoms with van der Waals surface area (Å²) in [6, 6.07) is 0. The van der Waals surface area contributed by atoms with E-state index in [0.29, 0.717) is 0 Å². The zero-order chi connectivity index (χ0) is 11.3. The SMILES string of the molecule is CC(C)CN(CC(C)C)C1=CCCCC1. The van der Waals surface area contributed by atoms with Crippen molar-refractivity contribution < 1.29 is 0 Å². The van der Waals surface area contributed by atoms with Crippen LogP contribution in [0.3, 0.4) is 0 Å². The second kappa shape index (κ2) is 6.19. The average molecular weight is 209 g/mol. The molecule has 15 heavy (non-hydrogen) atoms. The average Bonchev–Trinajstić information content (AvgIpc) is 2.17. The van der Waals surface area contributed by atoms with Gasteiger partial charge >= 0.3 is 0 Å². The number of nitrogens with zero attached hydrogens (tertiary/aromatic N) is 1. The van der Waals surface area contributed by atoms with Crippen LogP contribution in [0.2, 0.25) is 0 Å². The van der Waals surface area contributed by atoms with Gasteiger partial charge in [0.25, 0.3) is 0 Å². The molecule has 0 aromatic heterocycles. The van der Waals surface area contributed by atoms with Crippen molar-refractivity contribution in [2.24, 2.45) is 11.8 Å². The molecule has 0 fully saturated rings. The molecule has 0 aromatic rings. The van der Waals surface area contributed by atoms with Crippen LogP contribution in [0.1, 0.15) is 53.4 Å². The number of hydrogen-bond donors (Lipinski definition) is 0. The van der Waals surface area contributed by atoms with Crippen molar-refractivity contribution in [3.05, 3.63) is 11.8 Å². The van der Waals surface area contributed by atoms with Crippen LogP contribution in [0.5, 0.6) is 0 Å².